The molecule has 5 heteroatoms. The second-order valence-electron chi connectivity index (χ2n) is 6.32. The standard InChI is InChI=1S/C20H28N2O2.ClH/c1-5-22(6-2)13-14(3)15(4)24-20(23)18-11-12-19(21)17-10-8-7-9-16(17)18;/h7-12,14-15H,5-6,13,21H2,1-4H3;1H. The van der Waals surface area contributed by atoms with Crippen molar-refractivity contribution in [2.24, 2.45) is 5.92 Å². The summed E-state index contributed by atoms with van der Waals surface area (Å²) in [7, 11) is 0. The highest BCUT2D eigenvalue weighted by atomic mass is 35.5. The number of nitrogens with zero attached hydrogens (tertiary/aromatic N) is 1. The van der Waals surface area contributed by atoms with Gasteiger partial charge in [-0.3, -0.25) is 0 Å². The van der Waals surface area contributed by atoms with Crippen LogP contribution in [0.3, 0.4) is 0 Å². The first kappa shape index (κ1) is 21.3. The van der Waals surface area contributed by atoms with Crippen molar-refractivity contribution < 1.29 is 9.53 Å². The zero-order chi connectivity index (χ0) is 17.7. The molecule has 4 nitrogen and oxygen atoms in total. The number of hydrogen-bond donors (Lipinski definition) is 1. The summed E-state index contributed by atoms with van der Waals surface area (Å²) in [5.74, 6) is -0.0148. The van der Waals surface area contributed by atoms with Gasteiger partial charge in [0.2, 0.25) is 0 Å². The number of ether oxygens (including phenoxy) is 1. The van der Waals surface area contributed by atoms with E-state index in [1.54, 1.807) is 12.1 Å². The smallest absolute Gasteiger partial charge is 0.339 e. The molecule has 2 aromatic rings. The van der Waals surface area contributed by atoms with E-state index in [0.717, 1.165) is 30.4 Å². The molecule has 0 heterocycles. The molecule has 2 rings (SSSR count). The van der Waals surface area contributed by atoms with Gasteiger partial charge in [-0.1, -0.05) is 45.0 Å². The second kappa shape index (κ2) is 9.64. The van der Waals surface area contributed by atoms with Crippen molar-refractivity contribution >= 4 is 34.8 Å². The van der Waals surface area contributed by atoms with Gasteiger partial charge in [0.05, 0.1) is 5.56 Å². The number of nitrogens with two attached hydrogens (primary N) is 1. The Labute approximate surface area is 156 Å². The summed E-state index contributed by atoms with van der Waals surface area (Å²) in [5, 5.41) is 1.72. The average molecular weight is 365 g/mol. The lowest BCUT2D eigenvalue weighted by molar-refractivity contribution is 0.0174. The van der Waals surface area contributed by atoms with Crippen LogP contribution in [0.1, 0.15) is 38.1 Å². The first-order chi connectivity index (χ1) is 11.5. The number of carbonyl (C=O) groups excluding carboxylic acids is 1. The van der Waals surface area contributed by atoms with Gasteiger partial charge in [-0.25, -0.2) is 4.79 Å². The first-order valence-electron chi connectivity index (χ1n) is 8.68. The third-order valence-corrected chi connectivity index (χ3v) is 4.71. The van der Waals surface area contributed by atoms with Gasteiger partial charge in [-0.2, -0.15) is 0 Å². The molecule has 0 aliphatic heterocycles. The number of halogens is 1. The summed E-state index contributed by atoms with van der Waals surface area (Å²) >= 11 is 0. The summed E-state index contributed by atoms with van der Waals surface area (Å²) in [6, 6.07) is 11.2. The first-order valence-corrected chi connectivity index (χ1v) is 8.68. The zero-order valence-corrected chi connectivity index (χ0v) is 16.3. The predicted octanol–water partition coefficient (Wildman–Crippen LogP) is 4.37. The van der Waals surface area contributed by atoms with Crippen molar-refractivity contribution in [3.8, 4) is 0 Å². The molecule has 0 amide bonds. The Morgan fingerprint density at radius 3 is 2.28 bits per heavy atom. The minimum Gasteiger partial charge on any atom is -0.459 e. The van der Waals surface area contributed by atoms with E-state index < -0.39 is 0 Å². The Bertz CT molecular complexity index is 701. The summed E-state index contributed by atoms with van der Waals surface area (Å²) in [5.41, 5.74) is 7.24. The maximum Gasteiger partial charge on any atom is 0.339 e. The predicted molar refractivity (Wildman–Crippen MR) is 107 cm³/mol. The van der Waals surface area contributed by atoms with Crippen LogP contribution in [0, 0.1) is 5.92 Å². The number of anilines is 1. The third kappa shape index (κ3) is 5.10. The van der Waals surface area contributed by atoms with Crippen molar-refractivity contribution in [2.45, 2.75) is 33.8 Å². The maximum atomic E-state index is 12.6. The van der Waals surface area contributed by atoms with Crippen LogP contribution in [0.25, 0.3) is 10.8 Å². The average Bonchev–Trinajstić information content (AvgIpc) is 2.59. The van der Waals surface area contributed by atoms with Crippen molar-refractivity contribution in [1.82, 2.24) is 4.90 Å². The van der Waals surface area contributed by atoms with Crippen LogP contribution in [0.5, 0.6) is 0 Å². The highest BCUT2D eigenvalue weighted by Crippen LogP contribution is 2.25. The Kier molecular flexibility index (Phi) is 8.20. The number of nitrogen functional groups attached to an aromatic ring is 1. The summed E-state index contributed by atoms with van der Waals surface area (Å²) in [4.78, 5) is 15.0. The molecule has 0 bridgehead atoms. The van der Waals surface area contributed by atoms with Crippen LogP contribution in [0.2, 0.25) is 0 Å². The molecule has 0 saturated heterocycles. The topological polar surface area (TPSA) is 55.6 Å². The minimum atomic E-state index is -0.287. The van der Waals surface area contributed by atoms with E-state index in [2.05, 4.69) is 25.7 Å². The van der Waals surface area contributed by atoms with Gasteiger partial charge >= 0.3 is 5.97 Å². The molecule has 0 fully saturated rings. The number of hydrogen-bond acceptors (Lipinski definition) is 4. The zero-order valence-electron chi connectivity index (χ0n) is 15.5. The Hall–Kier alpha value is -1.78. The van der Waals surface area contributed by atoms with E-state index >= 15 is 0 Å². The van der Waals surface area contributed by atoms with Crippen LogP contribution in [0.4, 0.5) is 5.69 Å². The summed E-state index contributed by atoms with van der Waals surface area (Å²) < 4.78 is 5.73. The lowest BCUT2D eigenvalue weighted by Gasteiger charge is -2.26. The fourth-order valence-corrected chi connectivity index (χ4v) is 2.89. The van der Waals surface area contributed by atoms with Crippen LogP contribution in [0.15, 0.2) is 36.4 Å². The highest BCUT2D eigenvalue weighted by Gasteiger charge is 2.21. The second-order valence-corrected chi connectivity index (χ2v) is 6.32. The number of rotatable bonds is 7. The Morgan fingerprint density at radius 2 is 1.68 bits per heavy atom. The number of esters is 1. The monoisotopic (exact) mass is 364 g/mol. The molecule has 2 unspecified atom stereocenters. The quantitative estimate of drug-likeness (QED) is 0.585. The maximum absolute atomic E-state index is 12.6. The highest BCUT2D eigenvalue weighted by molar-refractivity contribution is 6.08. The van der Waals surface area contributed by atoms with E-state index in [9.17, 15) is 4.79 Å². The van der Waals surface area contributed by atoms with Crippen LogP contribution in [-0.4, -0.2) is 36.6 Å². The molecule has 0 saturated carbocycles. The molecule has 0 aliphatic rings. The van der Waals surface area contributed by atoms with Crippen LogP contribution >= 0.6 is 12.4 Å². The number of benzene rings is 2. The molecular weight excluding hydrogens is 336 g/mol. The molecule has 0 spiro atoms. The van der Waals surface area contributed by atoms with E-state index in [0.29, 0.717) is 11.3 Å². The molecular formula is C20H29ClN2O2. The van der Waals surface area contributed by atoms with E-state index in [-0.39, 0.29) is 30.4 Å². The third-order valence-electron chi connectivity index (χ3n) is 4.71. The minimum absolute atomic E-state index is 0. The molecule has 138 valence electrons. The van der Waals surface area contributed by atoms with Crippen molar-refractivity contribution in [3.63, 3.8) is 0 Å². The lowest BCUT2D eigenvalue weighted by Crippen LogP contribution is -2.34. The molecule has 2 atom stereocenters. The largest absolute Gasteiger partial charge is 0.459 e. The molecule has 0 radical (unpaired) electrons. The molecule has 25 heavy (non-hydrogen) atoms. The van der Waals surface area contributed by atoms with Gasteiger partial charge in [0.1, 0.15) is 6.10 Å². The normalized spacial score (nSPS) is 13.3. The number of fused-ring (bicyclic) bond motifs is 1. The van der Waals surface area contributed by atoms with Gasteiger partial charge in [0, 0.05) is 23.5 Å². The van der Waals surface area contributed by atoms with Gasteiger partial charge in [0.25, 0.3) is 0 Å². The Morgan fingerprint density at radius 1 is 1.08 bits per heavy atom. The fourth-order valence-electron chi connectivity index (χ4n) is 2.89. The van der Waals surface area contributed by atoms with Crippen molar-refractivity contribution in [1.29, 1.82) is 0 Å². The fraction of sp³-hybridized carbons (Fsp3) is 0.450. The van der Waals surface area contributed by atoms with E-state index in [1.807, 2.05) is 31.2 Å². The molecule has 0 aromatic heterocycles. The summed E-state index contributed by atoms with van der Waals surface area (Å²) in [6.45, 7) is 11.3. The van der Waals surface area contributed by atoms with Gasteiger partial charge in [0.15, 0.2) is 0 Å². The SMILES string of the molecule is CCN(CC)CC(C)C(C)OC(=O)c1ccc(N)c2ccccc12.Cl. The van der Waals surface area contributed by atoms with Gasteiger partial charge < -0.3 is 15.4 Å². The Balaban J connectivity index is 0.00000312. The van der Waals surface area contributed by atoms with Gasteiger partial charge in [-0.05, 0) is 37.5 Å². The number of carbonyl (C=O) groups is 1. The van der Waals surface area contributed by atoms with Gasteiger partial charge in [-0.15, -0.1) is 12.4 Å². The lowest BCUT2D eigenvalue weighted by atomic mass is 10.0. The summed E-state index contributed by atoms with van der Waals surface area (Å²) in [6.07, 6.45) is -0.144. The van der Waals surface area contributed by atoms with Crippen LogP contribution < -0.4 is 5.73 Å². The van der Waals surface area contributed by atoms with Crippen LogP contribution in [-0.2, 0) is 4.74 Å². The van der Waals surface area contributed by atoms with Crippen molar-refractivity contribution in [2.75, 3.05) is 25.4 Å². The molecule has 2 aromatic carbocycles. The van der Waals surface area contributed by atoms with E-state index in [4.69, 9.17) is 10.5 Å². The molecule has 0 aliphatic carbocycles. The van der Waals surface area contributed by atoms with E-state index in [1.165, 1.54) is 0 Å². The van der Waals surface area contributed by atoms with Crippen molar-refractivity contribution in [3.05, 3.63) is 42.0 Å². The molecule has 2 N–H and O–H groups in total.